The van der Waals surface area contributed by atoms with Crippen molar-refractivity contribution in [2.75, 3.05) is 31.5 Å². The lowest BCUT2D eigenvalue weighted by atomic mass is 10.0. The number of hydrogen-bond donors (Lipinski definition) is 2. The Morgan fingerprint density at radius 2 is 1.55 bits per heavy atom. The van der Waals surface area contributed by atoms with E-state index in [4.69, 9.17) is 5.73 Å². The molecule has 0 spiro atoms. The monoisotopic (exact) mass is 388 g/mol. The highest BCUT2D eigenvalue weighted by atomic mass is 16.2. The molecule has 3 aromatic carbocycles. The predicted molar refractivity (Wildman–Crippen MR) is 115 cm³/mol. The highest BCUT2D eigenvalue weighted by Crippen LogP contribution is 2.21. The molecule has 0 atom stereocenters. The molecule has 1 aliphatic rings. The summed E-state index contributed by atoms with van der Waals surface area (Å²) in [5.41, 5.74) is 7.62. The molecule has 1 fully saturated rings. The minimum absolute atomic E-state index is 0.0143. The standard InChI is InChI=1S/C23H24N4O2/c24-23(29)25-20-10-8-18(9-11-20)22(28)27-14-12-26(13-15-27)16-19-6-3-5-17-4-1-2-7-21(17)19/h1-11H,12-16H2,(H3,24,25,29). The molecule has 29 heavy (non-hydrogen) atoms. The van der Waals surface area contributed by atoms with Gasteiger partial charge in [0.05, 0.1) is 0 Å². The van der Waals surface area contributed by atoms with Crippen LogP contribution in [-0.2, 0) is 6.54 Å². The maximum atomic E-state index is 12.8. The van der Waals surface area contributed by atoms with Crippen molar-refractivity contribution in [1.29, 1.82) is 0 Å². The highest BCUT2D eigenvalue weighted by Gasteiger charge is 2.22. The number of piperazine rings is 1. The van der Waals surface area contributed by atoms with Crippen molar-refractivity contribution in [1.82, 2.24) is 9.80 Å². The molecule has 3 aromatic rings. The van der Waals surface area contributed by atoms with Crippen LogP contribution in [0.3, 0.4) is 0 Å². The Hall–Kier alpha value is -3.38. The Bertz CT molecular complexity index is 1020. The van der Waals surface area contributed by atoms with Gasteiger partial charge in [0.25, 0.3) is 5.91 Å². The number of rotatable bonds is 4. The van der Waals surface area contributed by atoms with Crippen molar-refractivity contribution in [3.63, 3.8) is 0 Å². The summed E-state index contributed by atoms with van der Waals surface area (Å²) in [6.07, 6.45) is 0. The Balaban J connectivity index is 1.36. The van der Waals surface area contributed by atoms with E-state index in [1.165, 1.54) is 16.3 Å². The number of anilines is 1. The fraction of sp³-hybridized carbons (Fsp3) is 0.217. The van der Waals surface area contributed by atoms with Crippen LogP contribution in [0, 0.1) is 0 Å². The first kappa shape index (κ1) is 19.0. The van der Waals surface area contributed by atoms with Gasteiger partial charge in [-0.2, -0.15) is 0 Å². The lowest BCUT2D eigenvalue weighted by molar-refractivity contribution is 0.0629. The van der Waals surface area contributed by atoms with E-state index in [1.807, 2.05) is 4.90 Å². The van der Waals surface area contributed by atoms with Crippen molar-refractivity contribution in [3.05, 3.63) is 77.9 Å². The summed E-state index contributed by atoms with van der Waals surface area (Å²) in [5.74, 6) is 0.0143. The summed E-state index contributed by atoms with van der Waals surface area (Å²) in [6.45, 7) is 3.97. The van der Waals surface area contributed by atoms with Crippen molar-refractivity contribution in [3.8, 4) is 0 Å². The van der Waals surface area contributed by atoms with E-state index in [2.05, 4.69) is 52.7 Å². The number of nitrogens with zero attached hydrogens (tertiary/aromatic N) is 2. The molecule has 1 heterocycles. The smallest absolute Gasteiger partial charge is 0.316 e. The van der Waals surface area contributed by atoms with Gasteiger partial charge in [0.1, 0.15) is 0 Å². The lowest BCUT2D eigenvalue weighted by Crippen LogP contribution is -2.48. The molecule has 3 N–H and O–H groups in total. The number of urea groups is 1. The van der Waals surface area contributed by atoms with E-state index in [0.29, 0.717) is 24.3 Å². The number of benzene rings is 3. The van der Waals surface area contributed by atoms with Crippen LogP contribution in [0.15, 0.2) is 66.7 Å². The quantitative estimate of drug-likeness (QED) is 0.720. The van der Waals surface area contributed by atoms with Crippen LogP contribution in [0.25, 0.3) is 10.8 Å². The number of hydrogen-bond acceptors (Lipinski definition) is 3. The molecule has 0 aromatic heterocycles. The van der Waals surface area contributed by atoms with Crippen LogP contribution in [0.5, 0.6) is 0 Å². The van der Waals surface area contributed by atoms with E-state index in [1.54, 1.807) is 24.3 Å². The van der Waals surface area contributed by atoms with Crippen molar-refractivity contribution in [2.45, 2.75) is 6.54 Å². The van der Waals surface area contributed by atoms with Crippen molar-refractivity contribution >= 4 is 28.4 Å². The van der Waals surface area contributed by atoms with Gasteiger partial charge in [-0.25, -0.2) is 4.79 Å². The highest BCUT2D eigenvalue weighted by molar-refractivity contribution is 5.95. The van der Waals surface area contributed by atoms with E-state index in [9.17, 15) is 9.59 Å². The molecule has 0 radical (unpaired) electrons. The number of carbonyl (C=O) groups excluding carboxylic acids is 2. The maximum Gasteiger partial charge on any atom is 0.316 e. The molecular weight excluding hydrogens is 364 g/mol. The first-order valence-electron chi connectivity index (χ1n) is 9.75. The molecule has 0 aliphatic carbocycles. The number of carbonyl (C=O) groups is 2. The average Bonchev–Trinajstić information content (AvgIpc) is 2.74. The number of amides is 3. The van der Waals surface area contributed by atoms with E-state index >= 15 is 0 Å². The van der Waals surface area contributed by atoms with Crippen LogP contribution in [0.1, 0.15) is 15.9 Å². The van der Waals surface area contributed by atoms with Gasteiger partial charge < -0.3 is 16.0 Å². The molecule has 3 amide bonds. The molecule has 0 saturated carbocycles. The summed E-state index contributed by atoms with van der Waals surface area (Å²) in [7, 11) is 0. The van der Waals surface area contributed by atoms with Gasteiger partial charge in [0.2, 0.25) is 0 Å². The minimum atomic E-state index is -0.619. The van der Waals surface area contributed by atoms with Gasteiger partial charge in [-0.1, -0.05) is 42.5 Å². The maximum absolute atomic E-state index is 12.8. The second-order valence-corrected chi connectivity index (χ2v) is 7.27. The zero-order valence-corrected chi connectivity index (χ0v) is 16.2. The Morgan fingerprint density at radius 3 is 2.28 bits per heavy atom. The SMILES string of the molecule is NC(=O)Nc1ccc(C(=O)N2CCN(Cc3cccc4ccccc34)CC2)cc1. The molecule has 1 aliphatic heterocycles. The van der Waals surface area contributed by atoms with Crippen LogP contribution in [-0.4, -0.2) is 47.9 Å². The van der Waals surface area contributed by atoms with Crippen LogP contribution in [0.4, 0.5) is 10.5 Å². The van der Waals surface area contributed by atoms with E-state index < -0.39 is 6.03 Å². The third kappa shape index (κ3) is 4.38. The molecule has 6 nitrogen and oxygen atoms in total. The van der Waals surface area contributed by atoms with E-state index in [-0.39, 0.29) is 5.91 Å². The van der Waals surface area contributed by atoms with Gasteiger partial charge in [-0.05, 0) is 40.6 Å². The second kappa shape index (κ2) is 8.32. The van der Waals surface area contributed by atoms with Gasteiger partial charge in [0.15, 0.2) is 0 Å². The molecule has 1 saturated heterocycles. The number of nitrogens with two attached hydrogens (primary N) is 1. The Labute approximate surface area is 169 Å². The predicted octanol–water partition coefficient (Wildman–Crippen LogP) is 3.29. The summed E-state index contributed by atoms with van der Waals surface area (Å²) < 4.78 is 0. The largest absolute Gasteiger partial charge is 0.351 e. The zero-order chi connectivity index (χ0) is 20.2. The van der Waals surface area contributed by atoms with Crippen molar-refractivity contribution in [2.24, 2.45) is 5.73 Å². The summed E-state index contributed by atoms with van der Waals surface area (Å²) in [4.78, 5) is 27.9. The van der Waals surface area contributed by atoms with Crippen molar-refractivity contribution < 1.29 is 9.59 Å². The number of primary amides is 1. The van der Waals surface area contributed by atoms with Crippen LogP contribution >= 0.6 is 0 Å². The summed E-state index contributed by atoms with van der Waals surface area (Å²) >= 11 is 0. The molecule has 4 rings (SSSR count). The second-order valence-electron chi connectivity index (χ2n) is 7.27. The van der Waals surface area contributed by atoms with Crippen LogP contribution < -0.4 is 11.1 Å². The first-order chi connectivity index (χ1) is 14.1. The Morgan fingerprint density at radius 1 is 0.862 bits per heavy atom. The average molecular weight is 388 g/mol. The normalized spacial score (nSPS) is 14.7. The fourth-order valence-electron chi connectivity index (χ4n) is 3.80. The van der Waals surface area contributed by atoms with Gasteiger partial charge in [-0.15, -0.1) is 0 Å². The van der Waals surface area contributed by atoms with Gasteiger partial charge in [0, 0.05) is 44.0 Å². The van der Waals surface area contributed by atoms with Gasteiger partial charge >= 0.3 is 6.03 Å². The Kier molecular flexibility index (Phi) is 5.44. The molecule has 148 valence electrons. The molecule has 0 unspecified atom stereocenters. The lowest BCUT2D eigenvalue weighted by Gasteiger charge is -2.35. The van der Waals surface area contributed by atoms with Crippen LogP contribution in [0.2, 0.25) is 0 Å². The topological polar surface area (TPSA) is 78.7 Å². The third-order valence-corrected chi connectivity index (χ3v) is 5.33. The van der Waals surface area contributed by atoms with E-state index in [0.717, 1.165) is 19.6 Å². The molecule has 0 bridgehead atoms. The zero-order valence-electron chi connectivity index (χ0n) is 16.2. The number of nitrogens with one attached hydrogen (secondary N) is 1. The minimum Gasteiger partial charge on any atom is -0.351 e. The fourth-order valence-corrected chi connectivity index (χ4v) is 3.80. The summed E-state index contributed by atoms with van der Waals surface area (Å²) in [5, 5.41) is 5.05. The number of fused-ring (bicyclic) bond motifs is 1. The van der Waals surface area contributed by atoms with Gasteiger partial charge in [-0.3, -0.25) is 9.69 Å². The first-order valence-corrected chi connectivity index (χ1v) is 9.75. The molecule has 6 heteroatoms. The third-order valence-electron chi connectivity index (χ3n) is 5.33. The molecular formula is C23H24N4O2. The summed E-state index contributed by atoms with van der Waals surface area (Å²) in [6, 6.07) is 21.1.